The van der Waals surface area contributed by atoms with Gasteiger partial charge in [0.25, 0.3) is 5.91 Å². The molecule has 2 aromatic carbocycles. The van der Waals surface area contributed by atoms with Gasteiger partial charge >= 0.3 is 0 Å². The van der Waals surface area contributed by atoms with E-state index in [9.17, 15) is 4.79 Å². The van der Waals surface area contributed by atoms with Gasteiger partial charge in [-0.05, 0) is 49.9 Å². The van der Waals surface area contributed by atoms with Crippen molar-refractivity contribution in [1.82, 2.24) is 14.5 Å². The van der Waals surface area contributed by atoms with Gasteiger partial charge in [0.2, 0.25) is 0 Å². The molecule has 1 amide bonds. The van der Waals surface area contributed by atoms with Gasteiger partial charge in [0, 0.05) is 43.5 Å². The lowest BCUT2D eigenvalue weighted by atomic mass is 9.97. The number of piperidine rings is 1. The summed E-state index contributed by atoms with van der Waals surface area (Å²) in [4.78, 5) is 19.7. The number of aryl methyl sites for hydroxylation is 2. The second kappa shape index (κ2) is 9.16. The number of hydrogen-bond donors (Lipinski definition) is 0. The Balaban J connectivity index is 1.43. The highest BCUT2D eigenvalue weighted by atomic mass is 16.5. The fraction of sp³-hybridized carbons (Fsp3) is 0.360. The number of nitrogens with zero attached hydrogens (tertiary/aromatic N) is 3. The Bertz CT molecular complexity index is 1010. The minimum absolute atomic E-state index is 0.115. The zero-order valence-electron chi connectivity index (χ0n) is 17.8. The summed E-state index contributed by atoms with van der Waals surface area (Å²) < 4.78 is 8.14. The number of imidazole rings is 1. The van der Waals surface area contributed by atoms with Crippen LogP contribution in [0, 0.1) is 19.8 Å². The predicted molar refractivity (Wildman–Crippen MR) is 118 cm³/mol. The number of ether oxygens (including phenoxy) is 1. The molecule has 1 aliphatic rings. The van der Waals surface area contributed by atoms with Crippen LogP contribution in [0.4, 0.5) is 0 Å². The molecule has 0 aliphatic carbocycles. The maximum absolute atomic E-state index is 13.4. The van der Waals surface area contributed by atoms with Crippen molar-refractivity contribution in [3.05, 3.63) is 83.4 Å². The van der Waals surface area contributed by atoms with Crippen molar-refractivity contribution in [3.8, 4) is 5.75 Å². The van der Waals surface area contributed by atoms with Crippen molar-refractivity contribution in [2.75, 3.05) is 19.7 Å². The standard InChI is InChI=1S/C25H29N3O2/c1-19-8-3-6-12-24(19)30-18-21-9-7-14-28(16-21)25(29)23-11-5-4-10-22(23)17-27-15-13-26-20(27)2/h3-6,8,10-13,15,21H,7,9,14,16-18H2,1-2H3/t21-/m1/s1. The van der Waals surface area contributed by atoms with Crippen LogP contribution in [0.3, 0.4) is 0 Å². The average Bonchev–Trinajstić information content (AvgIpc) is 3.17. The molecule has 2 heterocycles. The third-order valence-electron chi connectivity index (χ3n) is 5.89. The summed E-state index contributed by atoms with van der Waals surface area (Å²) in [6.07, 6.45) is 5.85. The van der Waals surface area contributed by atoms with Gasteiger partial charge in [0.1, 0.15) is 11.6 Å². The highest BCUT2D eigenvalue weighted by Crippen LogP contribution is 2.23. The zero-order chi connectivity index (χ0) is 20.9. The van der Waals surface area contributed by atoms with E-state index in [1.807, 2.05) is 60.5 Å². The Morgan fingerprint density at radius 3 is 2.73 bits per heavy atom. The summed E-state index contributed by atoms with van der Waals surface area (Å²) in [7, 11) is 0. The van der Waals surface area contributed by atoms with Gasteiger partial charge in [0.15, 0.2) is 0 Å². The van der Waals surface area contributed by atoms with Gasteiger partial charge < -0.3 is 14.2 Å². The monoisotopic (exact) mass is 403 g/mol. The molecule has 1 fully saturated rings. The number of aromatic nitrogens is 2. The lowest BCUT2D eigenvalue weighted by Gasteiger charge is -2.33. The summed E-state index contributed by atoms with van der Waals surface area (Å²) in [6.45, 7) is 6.88. The molecule has 0 bridgehead atoms. The third-order valence-corrected chi connectivity index (χ3v) is 5.89. The largest absolute Gasteiger partial charge is 0.493 e. The summed E-state index contributed by atoms with van der Waals surface area (Å²) in [5, 5.41) is 0. The highest BCUT2D eigenvalue weighted by Gasteiger charge is 2.26. The van der Waals surface area contributed by atoms with Crippen LogP contribution in [0.2, 0.25) is 0 Å². The SMILES string of the molecule is Cc1ccccc1OC[C@@H]1CCCN(C(=O)c2ccccc2Cn2ccnc2C)C1. The molecule has 0 N–H and O–H groups in total. The predicted octanol–water partition coefficient (Wildman–Crippen LogP) is 4.48. The first-order valence-electron chi connectivity index (χ1n) is 10.6. The van der Waals surface area contributed by atoms with Crippen molar-refractivity contribution in [2.45, 2.75) is 33.2 Å². The molecule has 0 spiro atoms. The quantitative estimate of drug-likeness (QED) is 0.610. The topological polar surface area (TPSA) is 47.4 Å². The van der Waals surface area contributed by atoms with E-state index in [0.29, 0.717) is 19.1 Å². The molecule has 1 saturated heterocycles. The molecule has 5 nitrogen and oxygen atoms in total. The molecule has 1 atom stereocenters. The molecule has 0 unspecified atom stereocenters. The zero-order valence-corrected chi connectivity index (χ0v) is 17.8. The smallest absolute Gasteiger partial charge is 0.254 e. The molecule has 0 saturated carbocycles. The molecular weight excluding hydrogens is 374 g/mol. The third kappa shape index (κ3) is 4.56. The number of benzene rings is 2. The Kier molecular flexibility index (Phi) is 6.17. The Hall–Kier alpha value is -3.08. The van der Waals surface area contributed by atoms with Gasteiger partial charge in [-0.2, -0.15) is 0 Å². The maximum Gasteiger partial charge on any atom is 0.254 e. The lowest BCUT2D eigenvalue weighted by molar-refractivity contribution is 0.0632. The van der Waals surface area contributed by atoms with E-state index in [2.05, 4.69) is 22.5 Å². The molecule has 1 aromatic heterocycles. The van der Waals surface area contributed by atoms with E-state index in [-0.39, 0.29) is 5.91 Å². The van der Waals surface area contributed by atoms with Crippen molar-refractivity contribution < 1.29 is 9.53 Å². The van der Waals surface area contributed by atoms with Crippen LogP contribution in [0.5, 0.6) is 5.75 Å². The van der Waals surface area contributed by atoms with Crippen molar-refractivity contribution >= 4 is 5.91 Å². The van der Waals surface area contributed by atoms with E-state index in [1.54, 1.807) is 6.20 Å². The van der Waals surface area contributed by atoms with E-state index in [1.165, 1.54) is 0 Å². The van der Waals surface area contributed by atoms with Crippen molar-refractivity contribution in [2.24, 2.45) is 5.92 Å². The van der Waals surface area contributed by atoms with E-state index in [0.717, 1.165) is 54.2 Å². The van der Waals surface area contributed by atoms with Gasteiger partial charge in [-0.1, -0.05) is 36.4 Å². The fourth-order valence-corrected chi connectivity index (χ4v) is 4.10. The van der Waals surface area contributed by atoms with Gasteiger partial charge in [0.05, 0.1) is 6.61 Å². The molecule has 156 valence electrons. The highest BCUT2D eigenvalue weighted by molar-refractivity contribution is 5.95. The number of para-hydroxylation sites is 1. The summed E-state index contributed by atoms with van der Waals surface area (Å²) >= 11 is 0. The van der Waals surface area contributed by atoms with E-state index < -0.39 is 0 Å². The average molecular weight is 404 g/mol. The summed E-state index contributed by atoms with van der Waals surface area (Å²) in [5.74, 6) is 2.35. The Morgan fingerprint density at radius 2 is 1.93 bits per heavy atom. The number of rotatable bonds is 6. The first kappa shape index (κ1) is 20.2. The molecule has 4 rings (SSSR count). The number of hydrogen-bond acceptors (Lipinski definition) is 3. The molecule has 0 radical (unpaired) electrons. The van der Waals surface area contributed by atoms with Crippen LogP contribution in [0.25, 0.3) is 0 Å². The van der Waals surface area contributed by atoms with Crippen molar-refractivity contribution in [3.63, 3.8) is 0 Å². The van der Waals surface area contributed by atoms with E-state index in [4.69, 9.17) is 4.74 Å². The van der Waals surface area contributed by atoms with Gasteiger partial charge in [-0.3, -0.25) is 4.79 Å². The summed E-state index contributed by atoms with van der Waals surface area (Å²) in [6, 6.07) is 16.0. The molecule has 5 heteroatoms. The Labute approximate surface area is 178 Å². The number of likely N-dealkylation sites (tertiary alicyclic amines) is 1. The lowest BCUT2D eigenvalue weighted by Crippen LogP contribution is -2.42. The molecule has 3 aromatic rings. The first-order chi connectivity index (χ1) is 14.6. The minimum Gasteiger partial charge on any atom is -0.493 e. The molecule has 1 aliphatic heterocycles. The van der Waals surface area contributed by atoms with Crippen LogP contribution >= 0.6 is 0 Å². The number of carbonyl (C=O) groups excluding carboxylic acids is 1. The van der Waals surface area contributed by atoms with Crippen molar-refractivity contribution in [1.29, 1.82) is 0 Å². The normalized spacial score (nSPS) is 16.5. The summed E-state index contributed by atoms with van der Waals surface area (Å²) in [5.41, 5.74) is 2.96. The van der Waals surface area contributed by atoms with Crippen LogP contribution in [-0.4, -0.2) is 40.1 Å². The second-order valence-electron chi connectivity index (χ2n) is 8.10. The minimum atomic E-state index is 0.115. The van der Waals surface area contributed by atoms with E-state index >= 15 is 0 Å². The molecule has 30 heavy (non-hydrogen) atoms. The maximum atomic E-state index is 13.4. The number of carbonyl (C=O) groups is 1. The number of amides is 1. The van der Waals surface area contributed by atoms with Gasteiger partial charge in [-0.15, -0.1) is 0 Å². The molecular formula is C25H29N3O2. The van der Waals surface area contributed by atoms with Gasteiger partial charge in [-0.25, -0.2) is 4.98 Å². The fourth-order valence-electron chi connectivity index (χ4n) is 4.10. The van der Waals surface area contributed by atoms with Crippen LogP contribution in [0.15, 0.2) is 60.9 Å². The van der Waals surface area contributed by atoms with Crippen LogP contribution in [-0.2, 0) is 6.54 Å². The van der Waals surface area contributed by atoms with Crippen LogP contribution < -0.4 is 4.74 Å². The first-order valence-corrected chi connectivity index (χ1v) is 10.6. The second-order valence-corrected chi connectivity index (χ2v) is 8.10. The van der Waals surface area contributed by atoms with Crippen LogP contribution in [0.1, 0.15) is 40.2 Å². The Morgan fingerprint density at radius 1 is 1.13 bits per heavy atom.